The van der Waals surface area contributed by atoms with Gasteiger partial charge in [0.25, 0.3) is 0 Å². The van der Waals surface area contributed by atoms with Crippen molar-refractivity contribution in [2.45, 2.75) is 56.7 Å². The first-order chi connectivity index (χ1) is 14.4. The number of hydrogen-bond donors (Lipinski definition) is 2. The van der Waals surface area contributed by atoms with E-state index in [2.05, 4.69) is 37.3 Å². The van der Waals surface area contributed by atoms with Crippen LogP contribution in [0.4, 0.5) is 0 Å². The van der Waals surface area contributed by atoms with Gasteiger partial charge in [-0.25, -0.2) is 0 Å². The highest BCUT2D eigenvalue weighted by molar-refractivity contribution is 5.51. The van der Waals surface area contributed by atoms with Crippen LogP contribution in [0.1, 0.15) is 55.2 Å². The van der Waals surface area contributed by atoms with E-state index >= 15 is 0 Å². The molecule has 0 bridgehead atoms. The molecule has 0 aromatic heterocycles. The lowest BCUT2D eigenvalue weighted by molar-refractivity contribution is -0.120. The summed E-state index contributed by atoms with van der Waals surface area (Å²) in [5.41, 5.74) is 2.72. The van der Waals surface area contributed by atoms with Crippen LogP contribution in [-0.4, -0.2) is 29.0 Å². The van der Waals surface area contributed by atoms with E-state index in [9.17, 15) is 10.2 Å². The van der Waals surface area contributed by atoms with Crippen LogP contribution in [0.3, 0.4) is 0 Å². The molecule has 0 amide bonds. The van der Waals surface area contributed by atoms with E-state index < -0.39 is 5.60 Å². The highest BCUT2D eigenvalue weighted by Gasteiger charge is 2.63. The molecule has 2 aromatic carbocycles. The molecule has 2 saturated carbocycles. The van der Waals surface area contributed by atoms with Gasteiger partial charge >= 0.3 is 0 Å². The van der Waals surface area contributed by atoms with Gasteiger partial charge in [-0.05, 0) is 72.8 Å². The summed E-state index contributed by atoms with van der Waals surface area (Å²) in [5.74, 6) is 1.67. The third-order valence-corrected chi connectivity index (χ3v) is 8.53. The molecule has 2 fully saturated rings. The van der Waals surface area contributed by atoms with E-state index in [1.54, 1.807) is 0 Å². The molecule has 3 aliphatic carbocycles. The standard InChI is InChI=1S/C27H32O3/c1-26-17-24(30-2)25-21-11-9-20(28)16-19(21)8-10-22(25)23(26)13-15-27(26,29)14-12-18-6-4-3-5-7-18/h3-7,9,11-12,14,16,22-25,28-29H,8,10,13,15,17H2,1-2H3/b14-12+/t22-,23-,24-,25+,26-,27-/m0/s1. The van der Waals surface area contributed by atoms with Crippen LogP contribution in [0.5, 0.6) is 5.75 Å². The molecule has 2 aromatic rings. The van der Waals surface area contributed by atoms with Crippen molar-refractivity contribution in [1.29, 1.82) is 0 Å². The van der Waals surface area contributed by atoms with Gasteiger partial charge in [0.05, 0.1) is 11.7 Å². The third-order valence-electron chi connectivity index (χ3n) is 8.53. The summed E-state index contributed by atoms with van der Waals surface area (Å²) in [6, 6.07) is 16.1. The van der Waals surface area contributed by atoms with Crippen LogP contribution in [-0.2, 0) is 11.2 Å². The van der Waals surface area contributed by atoms with Crippen LogP contribution >= 0.6 is 0 Å². The second kappa shape index (κ2) is 7.25. The molecule has 3 aliphatic rings. The highest BCUT2D eigenvalue weighted by Crippen LogP contribution is 2.65. The lowest BCUT2D eigenvalue weighted by Gasteiger charge is -2.55. The maximum atomic E-state index is 11.9. The number of phenolic OH excluding ortho intramolecular Hbond substituents is 1. The summed E-state index contributed by atoms with van der Waals surface area (Å²) in [6.07, 6.45) is 9.02. The van der Waals surface area contributed by atoms with Gasteiger partial charge in [-0.3, -0.25) is 0 Å². The quantitative estimate of drug-likeness (QED) is 0.728. The van der Waals surface area contributed by atoms with Crippen molar-refractivity contribution in [3.05, 3.63) is 71.3 Å². The molecule has 2 N–H and O–H groups in total. The second-order valence-corrected chi connectivity index (χ2v) is 9.82. The number of rotatable bonds is 3. The maximum absolute atomic E-state index is 11.9. The molecular formula is C27H32O3. The summed E-state index contributed by atoms with van der Waals surface area (Å²) >= 11 is 0. The molecule has 158 valence electrons. The number of aryl methyl sites for hydroxylation is 1. The Labute approximate surface area is 179 Å². The largest absolute Gasteiger partial charge is 0.508 e. The molecule has 30 heavy (non-hydrogen) atoms. The van der Waals surface area contributed by atoms with Gasteiger partial charge in [0.15, 0.2) is 0 Å². The molecule has 6 atom stereocenters. The number of methoxy groups -OCH3 is 1. The van der Waals surface area contributed by atoms with Crippen molar-refractivity contribution in [3.8, 4) is 5.75 Å². The number of fused-ring (bicyclic) bond motifs is 5. The van der Waals surface area contributed by atoms with Crippen LogP contribution < -0.4 is 0 Å². The Balaban J connectivity index is 1.50. The fourth-order valence-corrected chi connectivity index (χ4v) is 6.96. The zero-order valence-corrected chi connectivity index (χ0v) is 17.9. The lowest BCUT2D eigenvalue weighted by atomic mass is 9.52. The van der Waals surface area contributed by atoms with Crippen molar-refractivity contribution < 1.29 is 14.9 Å². The molecule has 0 unspecified atom stereocenters. The van der Waals surface area contributed by atoms with Gasteiger partial charge in [-0.15, -0.1) is 0 Å². The van der Waals surface area contributed by atoms with Crippen molar-refractivity contribution in [1.82, 2.24) is 0 Å². The predicted octanol–water partition coefficient (Wildman–Crippen LogP) is 5.32. The molecule has 0 radical (unpaired) electrons. The first-order valence-electron chi connectivity index (χ1n) is 11.3. The fourth-order valence-electron chi connectivity index (χ4n) is 6.96. The van der Waals surface area contributed by atoms with Crippen LogP contribution in [0, 0.1) is 17.3 Å². The fraction of sp³-hybridized carbons (Fsp3) is 0.481. The van der Waals surface area contributed by atoms with Crippen molar-refractivity contribution in [2.75, 3.05) is 7.11 Å². The summed E-state index contributed by atoms with van der Waals surface area (Å²) in [7, 11) is 1.81. The van der Waals surface area contributed by atoms with E-state index in [4.69, 9.17) is 4.74 Å². The smallest absolute Gasteiger partial charge is 0.115 e. The molecule has 0 saturated heterocycles. The minimum Gasteiger partial charge on any atom is -0.508 e. The van der Waals surface area contributed by atoms with E-state index in [-0.39, 0.29) is 11.5 Å². The lowest BCUT2D eigenvalue weighted by Crippen LogP contribution is -2.54. The van der Waals surface area contributed by atoms with Gasteiger partial charge in [0.2, 0.25) is 0 Å². The second-order valence-electron chi connectivity index (χ2n) is 9.82. The van der Waals surface area contributed by atoms with E-state index in [1.165, 1.54) is 11.1 Å². The number of phenols is 1. The Hall–Kier alpha value is -2.10. The summed E-state index contributed by atoms with van der Waals surface area (Å²) < 4.78 is 6.08. The number of aliphatic hydroxyl groups is 1. The number of aromatic hydroxyl groups is 1. The van der Waals surface area contributed by atoms with Crippen LogP contribution in [0.25, 0.3) is 6.08 Å². The Kier molecular flexibility index (Phi) is 4.79. The van der Waals surface area contributed by atoms with E-state index in [1.807, 2.05) is 37.4 Å². The number of hydrogen-bond acceptors (Lipinski definition) is 3. The monoisotopic (exact) mass is 404 g/mol. The topological polar surface area (TPSA) is 49.7 Å². The Morgan fingerprint density at radius 1 is 1.10 bits per heavy atom. The summed E-state index contributed by atoms with van der Waals surface area (Å²) in [6.45, 7) is 2.29. The molecular weight excluding hydrogens is 372 g/mol. The number of benzene rings is 2. The first kappa shape index (κ1) is 19.8. The molecule has 0 spiro atoms. The minimum atomic E-state index is -0.815. The average Bonchev–Trinajstić information content (AvgIpc) is 3.03. The normalized spacial score (nSPS) is 37.6. The van der Waals surface area contributed by atoms with Gasteiger partial charge in [-0.2, -0.15) is 0 Å². The molecule has 3 heteroatoms. The maximum Gasteiger partial charge on any atom is 0.115 e. The molecule has 3 nitrogen and oxygen atoms in total. The average molecular weight is 405 g/mol. The van der Waals surface area contributed by atoms with Crippen LogP contribution in [0.15, 0.2) is 54.6 Å². The SMILES string of the molecule is CO[C@H]1C[C@@]2(C)[C@@H](CC[C@@]2(O)/C=C/c2ccccc2)[C@@H]2CCc3cc(O)ccc3[C@H]21. The van der Waals surface area contributed by atoms with Gasteiger partial charge < -0.3 is 14.9 Å². The summed E-state index contributed by atoms with van der Waals surface area (Å²) in [4.78, 5) is 0. The Bertz CT molecular complexity index is 952. The van der Waals surface area contributed by atoms with Gasteiger partial charge in [0, 0.05) is 18.4 Å². The third kappa shape index (κ3) is 2.94. The van der Waals surface area contributed by atoms with Crippen LogP contribution in [0.2, 0.25) is 0 Å². The van der Waals surface area contributed by atoms with Gasteiger partial charge in [0.1, 0.15) is 5.75 Å². The Morgan fingerprint density at radius 2 is 1.90 bits per heavy atom. The van der Waals surface area contributed by atoms with Gasteiger partial charge in [-0.1, -0.05) is 55.5 Å². The van der Waals surface area contributed by atoms with Crippen molar-refractivity contribution in [3.63, 3.8) is 0 Å². The van der Waals surface area contributed by atoms with E-state index in [0.717, 1.165) is 37.7 Å². The minimum absolute atomic E-state index is 0.0783. The number of ether oxygens (including phenoxy) is 1. The first-order valence-corrected chi connectivity index (χ1v) is 11.3. The summed E-state index contributed by atoms with van der Waals surface area (Å²) in [5, 5.41) is 21.8. The highest BCUT2D eigenvalue weighted by atomic mass is 16.5. The molecule has 0 aliphatic heterocycles. The Morgan fingerprint density at radius 3 is 2.67 bits per heavy atom. The molecule has 0 heterocycles. The predicted molar refractivity (Wildman–Crippen MR) is 119 cm³/mol. The zero-order chi connectivity index (χ0) is 20.9. The zero-order valence-electron chi connectivity index (χ0n) is 17.9. The van der Waals surface area contributed by atoms with Crippen molar-refractivity contribution >= 4 is 6.08 Å². The van der Waals surface area contributed by atoms with E-state index in [0.29, 0.717) is 23.5 Å². The molecule has 5 rings (SSSR count). The van der Waals surface area contributed by atoms with Crippen molar-refractivity contribution in [2.24, 2.45) is 17.3 Å².